The van der Waals surface area contributed by atoms with Crippen LogP contribution in [0.3, 0.4) is 0 Å². The van der Waals surface area contributed by atoms with E-state index in [-0.39, 0.29) is 18.8 Å². The largest absolute Gasteiger partial charge is 0.496 e. The fourth-order valence-electron chi connectivity index (χ4n) is 3.93. The third kappa shape index (κ3) is 5.05. The summed E-state index contributed by atoms with van der Waals surface area (Å²) >= 11 is 0. The minimum absolute atomic E-state index is 0.127. The molecule has 36 heavy (non-hydrogen) atoms. The van der Waals surface area contributed by atoms with Gasteiger partial charge < -0.3 is 20.3 Å². The number of carbonyl (C=O) groups is 1. The van der Waals surface area contributed by atoms with Crippen LogP contribution in [0.25, 0.3) is 11.1 Å². The Morgan fingerprint density at radius 3 is 2.31 bits per heavy atom. The summed E-state index contributed by atoms with van der Waals surface area (Å²) in [7, 11) is -2.67. The summed E-state index contributed by atoms with van der Waals surface area (Å²) in [6.07, 6.45) is 0.480. The monoisotopic (exact) mass is 517 g/mol. The van der Waals surface area contributed by atoms with Gasteiger partial charge in [-0.3, -0.25) is 0 Å². The minimum atomic E-state index is -4.04. The molecule has 0 aromatic heterocycles. The van der Waals surface area contributed by atoms with Gasteiger partial charge in [-0.1, -0.05) is 36.4 Å². The highest BCUT2D eigenvalue weighted by atomic mass is 32.2. The van der Waals surface area contributed by atoms with Crippen molar-refractivity contribution in [3.63, 3.8) is 0 Å². The predicted molar refractivity (Wildman–Crippen MR) is 129 cm³/mol. The van der Waals surface area contributed by atoms with Gasteiger partial charge >= 0.3 is 5.97 Å². The first-order valence-corrected chi connectivity index (χ1v) is 12.7. The molecule has 0 heterocycles. The lowest BCUT2D eigenvalue weighted by Crippen LogP contribution is -2.57. The van der Waals surface area contributed by atoms with Gasteiger partial charge in [0.2, 0.25) is 4.87 Å². The zero-order chi connectivity index (χ0) is 26.1. The van der Waals surface area contributed by atoms with Crippen LogP contribution < -0.4 is 15.2 Å². The Labute approximate surface area is 207 Å². The van der Waals surface area contributed by atoms with Gasteiger partial charge in [0, 0.05) is 18.1 Å². The Bertz CT molecular complexity index is 1390. The lowest BCUT2D eigenvalue weighted by Gasteiger charge is -2.25. The van der Waals surface area contributed by atoms with Gasteiger partial charge in [0.25, 0.3) is 0 Å². The SMILES string of the molecule is COc1cc(F)c(F)cc1-c1ccc(OCc2cccc(CC(N)(C(=O)O)S(=O)(=O)C3CC3)c2)cc1. The standard InChI is InChI=1S/C26H25F2NO6S/c1-34-24-13-23(28)22(27)12-21(24)18-5-7-19(8-6-18)35-15-17-4-2-3-16(11-17)14-26(29,25(30)31)36(32,33)20-9-10-20/h2-8,11-13,20H,9-10,14-15,29H2,1H3,(H,30,31). The van der Waals surface area contributed by atoms with Crippen molar-refractivity contribution in [1.29, 1.82) is 0 Å². The summed E-state index contributed by atoms with van der Waals surface area (Å²) in [5.74, 6) is -2.87. The Morgan fingerprint density at radius 1 is 1.06 bits per heavy atom. The molecular formula is C26H25F2NO6S. The molecule has 3 N–H and O–H groups in total. The molecule has 190 valence electrons. The van der Waals surface area contributed by atoms with Gasteiger partial charge in [0.15, 0.2) is 21.5 Å². The van der Waals surface area contributed by atoms with Crippen LogP contribution in [0.1, 0.15) is 24.0 Å². The van der Waals surface area contributed by atoms with E-state index in [0.717, 1.165) is 12.1 Å². The van der Waals surface area contributed by atoms with Crippen LogP contribution in [-0.4, -0.2) is 36.7 Å². The van der Waals surface area contributed by atoms with Gasteiger partial charge in [0.1, 0.15) is 18.1 Å². The highest BCUT2D eigenvalue weighted by Crippen LogP contribution is 2.36. The van der Waals surface area contributed by atoms with Crippen LogP contribution in [0.4, 0.5) is 8.78 Å². The third-order valence-electron chi connectivity index (χ3n) is 6.10. The van der Waals surface area contributed by atoms with Crippen LogP contribution in [0.2, 0.25) is 0 Å². The molecule has 0 spiro atoms. The zero-order valence-corrected chi connectivity index (χ0v) is 20.2. The van der Waals surface area contributed by atoms with E-state index in [4.69, 9.17) is 15.2 Å². The van der Waals surface area contributed by atoms with Crippen LogP contribution in [-0.2, 0) is 27.7 Å². The molecule has 4 rings (SSSR count). The second kappa shape index (κ2) is 9.87. The molecule has 3 aromatic rings. The van der Waals surface area contributed by atoms with Crippen molar-refractivity contribution < 1.29 is 36.6 Å². The van der Waals surface area contributed by atoms with E-state index in [2.05, 4.69) is 0 Å². The molecular weight excluding hydrogens is 492 g/mol. The number of benzene rings is 3. The number of halogens is 2. The highest BCUT2D eigenvalue weighted by molar-refractivity contribution is 7.94. The molecule has 1 atom stereocenters. The molecule has 1 fully saturated rings. The number of aliphatic carboxylic acids is 1. The second-order valence-corrected chi connectivity index (χ2v) is 11.2. The molecule has 1 saturated carbocycles. The number of rotatable bonds is 10. The normalized spacial score (nSPS) is 15.2. The van der Waals surface area contributed by atoms with Crippen molar-refractivity contribution in [1.82, 2.24) is 0 Å². The van der Waals surface area contributed by atoms with Crippen molar-refractivity contribution in [3.05, 3.63) is 83.4 Å². The van der Waals surface area contributed by atoms with Crippen LogP contribution >= 0.6 is 0 Å². The van der Waals surface area contributed by atoms with Crippen molar-refractivity contribution in [2.45, 2.75) is 36.0 Å². The molecule has 0 bridgehead atoms. The van der Waals surface area contributed by atoms with Gasteiger partial charge in [0.05, 0.1) is 12.4 Å². The molecule has 0 amide bonds. The number of ether oxygens (including phenoxy) is 2. The van der Waals surface area contributed by atoms with Crippen LogP contribution in [0.15, 0.2) is 60.7 Å². The first-order valence-electron chi connectivity index (χ1n) is 11.1. The van der Waals surface area contributed by atoms with E-state index >= 15 is 0 Å². The topological polar surface area (TPSA) is 116 Å². The Kier molecular flexibility index (Phi) is 7.01. The molecule has 0 saturated heterocycles. The molecule has 3 aromatic carbocycles. The fourth-order valence-corrected chi connectivity index (χ4v) is 5.89. The molecule has 7 nitrogen and oxygen atoms in total. The maximum absolute atomic E-state index is 13.7. The summed E-state index contributed by atoms with van der Waals surface area (Å²) in [6.45, 7) is 0.127. The number of hydrogen-bond acceptors (Lipinski definition) is 6. The lowest BCUT2D eigenvalue weighted by molar-refractivity contribution is -0.140. The number of methoxy groups -OCH3 is 1. The van der Waals surface area contributed by atoms with Crippen molar-refractivity contribution in [2.75, 3.05) is 7.11 Å². The van der Waals surface area contributed by atoms with Crippen molar-refractivity contribution in [3.8, 4) is 22.6 Å². The molecule has 0 radical (unpaired) electrons. The number of carboxylic acids is 1. The van der Waals surface area contributed by atoms with Crippen molar-refractivity contribution >= 4 is 15.8 Å². The second-order valence-electron chi connectivity index (χ2n) is 8.72. The Hall–Kier alpha value is -3.50. The van der Waals surface area contributed by atoms with Crippen LogP contribution in [0, 0.1) is 11.6 Å². The average molecular weight is 518 g/mol. The summed E-state index contributed by atoms with van der Waals surface area (Å²) in [5, 5.41) is 8.91. The Balaban J connectivity index is 1.47. The molecule has 1 aliphatic rings. The predicted octanol–water partition coefficient (Wildman–Crippen LogP) is 4.08. The van der Waals surface area contributed by atoms with E-state index in [1.165, 1.54) is 7.11 Å². The number of sulfone groups is 1. The lowest BCUT2D eigenvalue weighted by atomic mass is 10.0. The molecule has 1 unspecified atom stereocenters. The molecule has 10 heteroatoms. The molecule has 1 aliphatic carbocycles. The van der Waals surface area contributed by atoms with Gasteiger partial charge in [-0.05, 0) is 47.7 Å². The maximum atomic E-state index is 13.7. The smallest absolute Gasteiger partial charge is 0.339 e. The van der Waals surface area contributed by atoms with Gasteiger partial charge in [-0.2, -0.15) is 0 Å². The van der Waals surface area contributed by atoms with E-state index in [1.807, 2.05) is 0 Å². The summed E-state index contributed by atoms with van der Waals surface area (Å²) in [5.41, 5.74) is 8.08. The van der Waals surface area contributed by atoms with E-state index in [9.17, 15) is 27.1 Å². The fraction of sp³-hybridized carbons (Fsp3) is 0.269. The van der Waals surface area contributed by atoms with E-state index in [1.54, 1.807) is 48.5 Å². The van der Waals surface area contributed by atoms with E-state index in [0.29, 0.717) is 40.8 Å². The zero-order valence-electron chi connectivity index (χ0n) is 19.4. The molecule has 0 aliphatic heterocycles. The van der Waals surface area contributed by atoms with E-state index < -0.39 is 37.6 Å². The average Bonchev–Trinajstić information content (AvgIpc) is 3.71. The van der Waals surface area contributed by atoms with Gasteiger partial charge in [-0.15, -0.1) is 0 Å². The number of nitrogens with two attached hydrogens (primary N) is 1. The summed E-state index contributed by atoms with van der Waals surface area (Å²) < 4.78 is 63.5. The quantitative estimate of drug-likeness (QED) is 0.416. The van der Waals surface area contributed by atoms with Crippen molar-refractivity contribution in [2.24, 2.45) is 5.73 Å². The van der Waals surface area contributed by atoms with Gasteiger partial charge in [-0.25, -0.2) is 22.0 Å². The highest BCUT2D eigenvalue weighted by Gasteiger charge is 2.54. The first-order chi connectivity index (χ1) is 17.0. The third-order valence-corrected chi connectivity index (χ3v) is 8.79. The summed E-state index contributed by atoms with van der Waals surface area (Å²) in [6, 6.07) is 15.5. The Morgan fingerprint density at radius 2 is 1.69 bits per heavy atom. The van der Waals surface area contributed by atoms with Crippen LogP contribution in [0.5, 0.6) is 11.5 Å². The first kappa shape index (κ1) is 25.6. The summed E-state index contributed by atoms with van der Waals surface area (Å²) in [4.78, 5) is 9.43. The number of hydrogen-bond donors (Lipinski definition) is 2. The number of carboxylic acid groups (broad SMARTS) is 1. The maximum Gasteiger partial charge on any atom is 0.339 e. The minimum Gasteiger partial charge on any atom is -0.496 e.